The molecule has 0 radical (unpaired) electrons. The molecule has 3 aliphatic heterocycles. The lowest BCUT2D eigenvalue weighted by Crippen LogP contribution is -2.51. The number of rotatable bonds is 4. The van der Waals surface area contributed by atoms with Crippen LogP contribution >= 0.6 is 0 Å². The third kappa shape index (κ3) is 3.99. The van der Waals surface area contributed by atoms with Crippen molar-refractivity contribution in [1.82, 2.24) is 29.7 Å². The van der Waals surface area contributed by atoms with E-state index in [4.69, 9.17) is 9.97 Å². The van der Waals surface area contributed by atoms with Crippen LogP contribution in [-0.4, -0.2) is 68.6 Å². The van der Waals surface area contributed by atoms with Gasteiger partial charge in [-0.25, -0.2) is 19.9 Å². The zero-order chi connectivity index (χ0) is 23.3. The van der Waals surface area contributed by atoms with E-state index in [-0.39, 0.29) is 12.0 Å². The number of aromatic nitrogens is 5. The number of piperazine rings is 1. The summed E-state index contributed by atoms with van der Waals surface area (Å²) in [5.74, 6) is 2.01. The first kappa shape index (κ1) is 21.4. The molecule has 2 unspecified atom stereocenters. The van der Waals surface area contributed by atoms with Crippen LogP contribution < -0.4 is 20.4 Å². The molecule has 0 aromatic carbocycles. The molecule has 2 bridgehead atoms. The Morgan fingerprint density at radius 1 is 0.912 bits per heavy atom. The van der Waals surface area contributed by atoms with Gasteiger partial charge in [0.15, 0.2) is 5.82 Å². The van der Waals surface area contributed by atoms with E-state index < -0.39 is 11.7 Å². The SMILES string of the molecule is FC(F)(F)c1cnc(N[C@@H]2CCCN(c3ncc4c(N5CC6CCC(C5)N6)nccn34)C2)nc1. The summed E-state index contributed by atoms with van der Waals surface area (Å²) in [5.41, 5.74) is 0.133. The highest BCUT2D eigenvalue weighted by Gasteiger charge is 2.34. The molecule has 0 aliphatic carbocycles. The Morgan fingerprint density at radius 2 is 1.68 bits per heavy atom. The van der Waals surface area contributed by atoms with E-state index in [0.717, 1.165) is 62.2 Å². The minimum absolute atomic E-state index is 0.00272. The van der Waals surface area contributed by atoms with Crippen LogP contribution in [0.3, 0.4) is 0 Å². The molecule has 3 fully saturated rings. The second-order valence-corrected chi connectivity index (χ2v) is 9.33. The normalized spacial score (nSPS) is 25.2. The van der Waals surface area contributed by atoms with Crippen molar-refractivity contribution < 1.29 is 13.2 Å². The van der Waals surface area contributed by atoms with Gasteiger partial charge in [0.05, 0.1) is 11.8 Å². The molecule has 180 valence electrons. The largest absolute Gasteiger partial charge is 0.419 e. The number of piperidine rings is 1. The smallest absolute Gasteiger partial charge is 0.352 e. The van der Waals surface area contributed by atoms with Gasteiger partial charge in [-0.05, 0) is 25.7 Å². The molecule has 6 heterocycles. The fourth-order valence-corrected chi connectivity index (χ4v) is 5.36. The number of halogens is 3. The van der Waals surface area contributed by atoms with Crippen molar-refractivity contribution in [1.29, 1.82) is 0 Å². The Labute approximate surface area is 194 Å². The van der Waals surface area contributed by atoms with Crippen LogP contribution in [0.15, 0.2) is 31.0 Å². The molecule has 0 spiro atoms. The summed E-state index contributed by atoms with van der Waals surface area (Å²) in [4.78, 5) is 21.7. The van der Waals surface area contributed by atoms with Crippen LogP contribution in [0.1, 0.15) is 31.2 Å². The zero-order valence-corrected chi connectivity index (χ0v) is 18.5. The molecule has 6 rings (SSSR count). The highest BCUT2D eigenvalue weighted by molar-refractivity contribution is 5.71. The summed E-state index contributed by atoms with van der Waals surface area (Å²) in [6.45, 7) is 3.40. The van der Waals surface area contributed by atoms with E-state index >= 15 is 0 Å². The maximum atomic E-state index is 12.8. The summed E-state index contributed by atoms with van der Waals surface area (Å²) in [6.07, 6.45) is 7.05. The van der Waals surface area contributed by atoms with Gasteiger partial charge in [0.1, 0.15) is 5.52 Å². The summed E-state index contributed by atoms with van der Waals surface area (Å²) in [5, 5.41) is 6.84. The average molecular weight is 474 g/mol. The van der Waals surface area contributed by atoms with E-state index in [9.17, 15) is 13.2 Å². The number of nitrogens with one attached hydrogen (secondary N) is 2. The quantitative estimate of drug-likeness (QED) is 0.598. The summed E-state index contributed by atoms with van der Waals surface area (Å²) in [6, 6.07) is 1.04. The number of fused-ring (bicyclic) bond motifs is 3. The standard InChI is InChI=1S/C22H26F3N9/c23-22(24,25)14-8-27-20(28-9-14)31-15-2-1-6-32(11-15)21-29-10-18-19(26-5-7-34(18)21)33-12-16-3-4-17(13-33)30-16/h5,7-10,15-17,30H,1-4,6,11-13H2,(H,27,28,31)/t15-,16?,17?/m1/s1. The fraction of sp³-hybridized carbons (Fsp3) is 0.545. The molecule has 0 saturated carbocycles. The minimum Gasteiger partial charge on any atom is -0.352 e. The molecule has 34 heavy (non-hydrogen) atoms. The van der Waals surface area contributed by atoms with Crippen molar-refractivity contribution in [2.24, 2.45) is 0 Å². The van der Waals surface area contributed by atoms with Crippen molar-refractivity contribution in [3.8, 4) is 0 Å². The number of imidazole rings is 1. The molecule has 3 saturated heterocycles. The van der Waals surface area contributed by atoms with Gasteiger partial charge in [-0.15, -0.1) is 0 Å². The van der Waals surface area contributed by atoms with Crippen LogP contribution in [0, 0.1) is 0 Å². The predicted molar refractivity (Wildman–Crippen MR) is 121 cm³/mol. The van der Waals surface area contributed by atoms with E-state index in [0.29, 0.717) is 18.6 Å². The maximum absolute atomic E-state index is 12.8. The van der Waals surface area contributed by atoms with Crippen LogP contribution in [0.2, 0.25) is 0 Å². The molecule has 3 aromatic rings. The molecular formula is C22H26F3N9. The first-order valence-electron chi connectivity index (χ1n) is 11.7. The van der Waals surface area contributed by atoms with E-state index in [1.165, 1.54) is 12.8 Å². The van der Waals surface area contributed by atoms with E-state index in [1.54, 1.807) is 0 Å². The lowest BCUT2D eigenvalue weighted by Gasteiger charge is -2.34. The van der Waals surface area contributed by atoms with Gasteiger partial charge in [0.25, 0.3) is 0 Å². The molecule has 2 N–H and O–H groups in total. The fourth-order valence-electron chi connectivity index (χ4n) is 5.36. The zero-order valence-electron chi connectivity index (χ0n) is 18.5. The topological polar surface area (TPSA) is 86.5 Å². The van der Waals surface area contributed by atoms with Crippen molar-refractivity contribution in [2.75, 3.05) is 41.3 Å². The van der Waals surface area contributed by atoms with Crippen LogP contribution in [0.25, 0.3) is 5.52 Å². The van der Waals surface area contributed by atoms with E-state index in [2.05, 4.69) is 34.8 Å². The van der Waals surface area contributed by atoms with Gasteiger partial charge in [-0.2, -0.15) is 13.2 Å². The number of nitrogens with zero attached hydrogens (tertiary/aromatic N) is 7. The highest BCUT2D eigenvalue weighted by Crippen LogP contribution is 2.30. The lowest BCUT2D eigenvalue weighted by molar-refractivity contribution is -0.138. The van der Waals surface area contributed by atoms with Crippen molar-refractivity contribution >= 4 is 23.2 Å². The highest BCUT2D eigenvalue weighted by atomic mass is 19.4. The second-order valence-electron chi connectivity index (χ2n) is 9.33. The molecular weight excluding hydrogens is 447 g/mol. The minimum atomic E-state index is -4.44. The molecule has 3 atom stereocenters. The molecule has 9 nitrogen and oxygen atoms in total. The van der Waals surface area contributed by atoms with Crippen molar-refractivity contribution in [3.05, 3.63) is 36.5 Å². The number of anilines is 3. The number of hydrogen-bond acceptors (Lipinski definition) is 8. The van der Waals surface area contributed by atoms with Gasteiger partial charge in [0, 0.05) is 69.1 Å². The van der Waals surface area contributed by atoms with Gasteiger partial charge in [-0.1, -0.05) is 0 Å². The van der Waals surface area contributed by atoms with Crippen LogP contribution in [-0.2, 0) is 6.18 Å². The Balaban J connectivity index is 1.19. The lowest BCUT2D eigenvalue weighted by atomic mass is 10.1. The summed E-state index contributed by atoms with van der Waals surface area (Å²) < 4.78 is 40.4. The first-order valence-corrected chi connectivity index (χ1v) is 11.7. The summed E-state index contributed by atoms with van der Waals surface area (Å²) in [7, 11) is 0. The van der Waals surface area contributed by atoms with Gasteiger partial charge in [0.2, 0.25) is 11.9 Å². The Hall–Kier alpha value is -3.15. The Morgan fingerprint density at radius 3 is 2.41 bits per heavy atom. The molecule has 0 amide bonds. The number of alkyl halides is 3. The van der Waals surface area contributed by atoms with Crippen LogP contribution in [0.4, 0.5) is 30.9 Å². The van der Waals surface area contributed by atoms with Crippen molar-refractivity contribution in [2.45, 2.75) is 50.0 Å². The molecule has 3 aliphatic rings. The Bertz CT molecular complexity index is 1150. The van der Waals surface area contributed by atoms with E-state index in [1.807, 2.05) is 18.6 Å². The Kier molecular flexibility index (Phi) is 5.19. The first-order chi connectivity index (χ1) is 16.4. The average Bonchev–Trinajstić information content (AvgIpc) is 3.41. The third-order valence-electron chi connectivity index (χ3n) is 6.95. The monoisotopic (exact) mass is 473 g/mol. The molecule has 12 heteroatoms. The third-order valence-corrected chi connectivity index (χ3v) is 6.95. The summed E-state index contributed by atoms with van der Waals surface area (Å²) >= 11 is 0. The maximum Gasteiger partial charge on any atom is 0.419 e. The van der Waals surface area contributed by atoms with Gasteiger partial charge >= 0.3 is 6.18 Å². The predicted octanol–water partition coefficient (Wildman–Crippen LogP) is 2.56. The molecule has 3 aromatic heterocycles. The van der Waals surface area contributed by atoms with Gasteiger partial charge in [-0.3, -0.25) is 4.40 Å². The van der Waals surface area contributed by atoms with Crippen molar-refractivity contribution in [3.63, 3.8) is 0 Å². The second kappa shape index (κ2) is 8.26. The van der Waals surface area contributed by atoms with Gasteiger partial charge < -0.3 is 20.4 Å². The number of hydrogen-bond donors (Lipinski definition) is 2. The van der Waals surface area contributed by atoms with Crippen LogP contribution in [0.5, 0.6) is 0 Å².